The van der Waals surface area contributed by atoms with Gasteiger partial charge in [0.05, 0.1) is 35.4 Å². The van der Waals surface area contributed by atoms with E-state index in [1.54, 1.807) is 54.6 Å². The molecule has 0 saturated carbocycles. The third kappa shape index (κ3) is 5.08. The molecule has 0 atom stereocenters. The van der Waals surface area contributed by atoms with Crippen LogP contribution in [0.3, 0.4) is 0 Å². The summed E-state index contributed by atoms with van der Waals surface area (Å²) in [5.74, 6) is 0.272. The minimum absolute atomic E-state index is 0.0536. The maximum absolute atomic E-state index is 13.4. The Labute approximate surface area is 219 Å². The van der Waals surface area contributed by atoms with Crippen LogP contribution in [0.15, 0.2) is 93.2 Å². The molecule has 0 aliphatic carbocycles. The van der Waals surface area contributed by atoms with E-state index in [1.165, 1.54) is 25.5 Å². The van der Waals surface area contributed by atoms with Crippen LogP contribution < -0.4 is 5.56 Å². The third-order valence-corrected chi connectivity index (χ3v) is 6.04. The number of methoxy groups -OCH3 is 1. The second-order valence-electron chi connectivity index (χ2n) is 8.62. The molecule has 196 valence electrons. The van der Waals surface area contributed by atoms with Gasteiger partial charge in [-0.3, -0.25) is 4.79 Å². The number of benzene rings is 3. The van der Waals surface area contributed by atoms with Crippen LogP contribution in [0.1, 0.15) is 27.2 Å². The van der Waals surface area contributed by atoms with Crippen LogP contribution in [-0.2, 0) is 10.9 Å². The van der Waals surface area contributed by atoms with E-state index in [0.717, 1.165) is 27.9 Å². The van der Waals surface area contributed by atoms with Gasteiger partial charge in [0.1, 0.15) is 11.5 Å². The Balaban J connectivity index is 1.56. The molecule has 0 amide bonds. The van der Waals surface area contributed by atoms with E-state index in [4.69, 9.17) is 9.15 Å². The van der Waals surface area contributed by atoms with Crippen molar-refractivity contribution in [3.8, 4) is 22.7 Å². The van der Waals surface area contributed by atoms with Gasteiger partial charge in [0.15, 0.2) is 5.82 Å². The Morgan fingerprint density at radius 3 is 2.56 bits per heavy atom. The van der Waals surface area contributed by atoms with Gasteiger partial charge in [0, 0.05) is 11.1 Å². The summed E-state index contributed by atoms with van der Waals surface area (Å²) in [6.07, 6.45) is -3.28. The standard InChI is InChI=1S/C29H20F3N3O4/c1-17-14-19(28(37)38-2)10-12-22(17)25-13-11-21(39-25)16-33-35-26(18-6-5-7-20(15-18)29(30,31)32)34-24-9-4-3-8-23(24)27(35)36/h3-16H,1-2H3. The van der Waals surface area contributed by atoms with Crippen LogP contribution in [-0.4, -0.2) is 29.0 Å². The van der Waals surface area contributed by atoms with Crippen LogP contribution in [0, 0.1) is 6.92 Å². The van der Waals surface area contributed by atoms with Gasteiger partial charge in [0.2, 0.25) is 0 Å². The van der Waals surface area contributed by atoms with Crippen molar-refractivity contribution in [1.29, 1.82) is 0 Å². The average molecular weight is 531 g/mol. The van der Waals surface area contributed by atoms with E-state index in [-0.39, 0.29) is 22.5 Å². The topological polar surface area (TPSA) is 86.7 Å². The molecule has 0 aliphatic heterocycles. The van der Waals surface area contributed by atoms with Crippen LogP contribution in [0.4, 0.5) is 13.2 Å². The zero-order valence-corrected chi connectivity index (χ0v) is 20.7. The molecule has 0 radical (unpaired) electrons. The fourth-order valence-electron chi connectivity index (χ4n) is 4.12. The Bertz CT molecular complexity index is 1800. The fraction of sp³-hybridized carbons (Fsp3) is 0.103. The number of nitrogens with zero attached hydrogens (tertiary/aromatic N) is 3. The predicted octanol–water partition coefficient (Wildman–Crippen LogP) is 6.32. The first-order valence-electron chi connectivity index (χ1n) is 11.7. The van der Waals surface area contributed by atoms with Gasteiger partial charge in [-0.05, 0) is 61.0 Å². The third-order valence-electron chi connectivity index (χ3n) is 6.04. The Morgan fingerprint density at radius 2 is 1.82 bits per heavy atom. The number of fused-ring (bicyclic) bond motifs is 1. The molecular weight excluding hydrogens is 511 g/mol. The summed E-state index contributed by atoms with van der Waals surface area (Å²) in [6.45, 7) is 1.82. The summed E-state index contributed by atoms with van der Waals surface area (Å²) >= 11 is 0. The van der Waals surface area contributed by atoms with Crippen molar-refractivity contribution in [1.82, 2.24) is 9.66 Å². The quantitative estimate of drug-likeness (QED) is 0.196. The molecule has 0 spiro atoms. The van der Waals surface area contributed by atoms with E-state index >= 15 is 0 Å². The van der Waals surface area contributed by atoms with Crippen molar-refractivity contribution in [2.75, 3.05) is 7.11 Å². The van der Waals surface area contributed by atoms with Crippen molar-refractivity contribution < 1.29 is 27.1 Å². The SMILES string of the molecule is COC(=O)c1ccc(-c2ccc(C=Nn3c(-c4cccc(C(F)(F)F)c4)nc4ccccc4c3=O)o2)c(C)c1. The van der Waals surface area contributed by atoms with E-state index in [1.807, 2.05) is 6.92 Å². The van der Waals surface area contributed by atoms with Gasteiger partial charge < -0.3 is 9.15 Å². The molecule has 0 unspecified atom stereocenters. The molecule has 2 aromatic heterocycles. The summed E-state index contributed by atoms with van der Waals surface area (Å²) in [4.78, 5) is 29.6. The molecular formula is C29H20F3N3O4. The highest BCUT2D eigenvalue weighted by Crippen LogP contribution is 2.32. The second-order valence-corrected chi connectivity index (χ2v) is 8.62. The predicted molar refractivity (Wildman–Crippen MR) is 140 cm³/mol. The zero-order valence-electron chi connectivity index (χ0n) is 20.7. The van der Waals surface area contributed by atoms with E-state index in [0.29, 0.717) is 16.8 Å². The summed E-state index contributed by atoms with van der Waals surface area (Å²) in [7, 11) is 1.30. The largest absolute Gasteiger partial charge is 0.465 e. The summed E-state index contributed by atoms with van der Waals surface area (Å²) in [5, 5.41) is 4.51. The number of furan rings is 1. The number of hydrogen-bond acceptors (Lipinski definition) is 6. The number of aromatic nitrogens is 2. The van der Waals surface area contributed by atoms with Crippen LogP contribution in [0.5, 0.6) is 0 Å². The maximum Gasteiger partial charge on any atom is 0.416 e. The van der Waals surface area contributed by atoms with Crippen molar-refractivity contribution in [2.24, 2.45) is 5.10 Å². The summed E-state index contributed by atoms with van der Waals surface area (Å²) in [6, 6.07) is 19.4. The lowest BCUT2D eigenvalue weighted by atomic mass is 10.0. The number of para-hydroxylation sites is 1. The number of carbonyl (C=O) groups is 1. The molecule has 3 aromatic carbocycles. The molecule has 0 fully saturated rings. The highest BCUT2D eigenvalue weighted by atomic mass is 19.4. The average Bonchev–Trinajstić information content (AvgIpc) is 3.40. The van der Waals surface area contributed by atoms with Crippen molar-refractivity contribution in [3.63, 3.8) is 0 Å². The number of carbonyl (C=O) groups excluding carboxylic acids is 1. The number of aryl methyl sites for hydroxylation is 1. The molecule has 0 bridgehead atoms. The summed E-state index contributed by atoms with van der Waals surface area (Å²) < 4.78 is 51.7. The Hall–Kier alpha value is -4.99. The molecule has 0 N–H and O–H groups in total. The fourth-order valence-corrected chi connectivity index (χ4v) is 4.12. The van der Waals surface area contributed by atoms with Gasteiger partial charge >= 0.3 is 12.1 Å². The molecule has 0 aliphatic rings. The normalized spacial score (nSPS) is 11.8. The highest BCUT2D eigenvalue weighted by Gasteiger charge is 2.31. The van der Waals surface area contributed by atoms with Gasteiger partial charge in [-0.15, -0.1) is 0 Å². The minimum atomic E-state index is -4.57. The van der Waals surface area contributed by atoms with Gasteiger partial charge in [-0.25, -0.2) is 9.78 Å². The zero-order chi connectivity index (χ0) is 27.7. The number of alkyl halides is 3. The van der Waals surface area contributed by atoms with Gasteiger partial charge in [0.25, 0.3) is 5.56 Å². The first-order chi connectivity index (χ1) is 18.7. The lowest BCUT2D eigenvalue weighted by molar-refractivity contribution is -0.137. The molecule has 39 heavy (non-hydrogen) atoms. The molecule has 2 heterocycles. The number of halogens is 3. The molecule has 5 aromatic rings. The first-order valence-corrected chi connectivity index (χ1v) is 11.7. The molecule has 10 heteroatoms. The van der Waals surface area contributed by atoms with Crippen molar-refractivity contribution >= 4 is 23.1 Å². The number of ether oxygens (including phenoxy) is 1. The highest BCUT2D eigenvalue weighted by molar-refractivity contribution is 5.90. The number of hydrogen-bond donors (Lipinski definition) is 0. The summed E-state index contributed by atoms with van der Waals surface area (Å²) in [5.41, 5.74) is 0.887. The molecule has 5 rings (SSSR count). The van der Waals surface area contributed by atoms with Crippen LogP contribution >= 0.6 is 0 Å². The van der Waals surface area contributed by atoms with E-state index in [9.17, 15) is 22.8 Å². The smallest absolute Gasteiger partial charge is 0.416 e. The van der Waals surface area contributed by atoms with Crippen molar-refractivity contribution in [3.05, 3.63) is 112 Å². The Kier molecular flexibility index (Phi) is 6.61. The van der Waals surface area contributed by atoms with Gasteiger partial charge in [-0.1, -0.05) is 30.3 Å². The monoisotopic (exact) mass is 531 g/mol. The number of rotatable bonds is 5. The van der Waals surface area contributed by atoms with Crippen LogP contribution in [0.25, 0.3) is 33.6 Å². The first kappa shape index (κ1) is 25.7. The van der Waals surface area contributed by atoms with Gasteiger partial charge in [-0.2, -0.15) is 22.9 Å². The van der Waals surface area contributed by atoms with E-state index in [2.05, 4.69) is 10.1 Å². The van der Waals surface area contributed by atoms with Crippen LogP contribution in [0.2, 0.25) is 0 Å². The lowest BCUT2D eigenvalue weighted by Gasteiger charge is -2.11. The lowest BCUT2D eigenvalue weighted by Crippen LogP contribution is -2.20. The maximum atomic E-state index is 13.4. The van der Waals surface area contributed by atoms with E-state index < -0.39 is 23.3 Å². The van der Waals surface area contributed by atoms with Crippen molar-refractivity contribution in [2.45, 2.75) is 13.1 Å². The number of esters is 1. The molecule has 0 saturated heterocycles. The Morgan fingerprint density at radius 1 is 1.03 bits per heavy atom. The minimum Gasteiger partial charge on any atom is -0.465 e. The second kappa shape index (κ2) is 10.1. The molecule has 7 nitrogen and oxygen atoms in total.